The van der Waals surface area contributed by atoms with Crippen molar-refractivity contribution in [3.63, 3.8) is 0 Å². The van der Waals surface area contributed by atoms with Crippen LogP contribution in [0.25, 0.3) is 10.2 Å². The van der Waals surface area contributed by atoms with Gasteiger partial charge >= 0.3 is 0 Å². The SMILES string of the molecule is COc1ccc(N2CCN(CCNC(=O)c3nc4ccccc4s3)CC2)cc1. The molecule has 0 aliphatic carbocycles. The van der Waals surface area contributed by atoms with Crippen molar-refractivity contribution >= 4 is 33.1 Å². The van der Waals surface area contributed by atoms with Gasteiger partial charge in [-0.15, -0.1) is 11.3 Å². The van der Waals surface area contributed by atoms with Gasteiger partial charge in [0.25, 0.3) is 5.91 Å². The average Bonchev–Trinajstić information content (AvgIpc) is 3.19. The molecule has 0 spiro atoms. The number of nitrogens with zero attached hydrogens (tertiary/aromatic N) is 3. The first-order chi connectivity index (χ1) is 13.7. The van der Waals surface area contributed by atoms with Gasteiger partial charge in [0.15, 0.2) is 5.01 Å². The van der Waals surface area contributed by atoms with Crippen molar-refractivity contribution in [2.45, 2.75) is 0 Å². The second-order valence-corrected chi connectivity index (χ2v) is 7.80. The molecule has 2 heterocycles. The molecule has 1 aliphatic rings. The van der Waals surface area contributed by atoms with Gasteiger partial charge in [-0.05, 0) is 36.4 Å². The van der Waals surface area contributed by atoms with E-state index >= 15 is 0 Å². The molecule has 0 bridgehead atoms. The van der Waals surface area contributed by atoms with Crippen LogP contribution in [0.5, 0.6) is 5.75 Å². The number of thiazole rings is 1. The first kappa shape index (κ1) is 18.7. The summed E-state index contributed by atoms with van der Waals surface area (Å²) in [5.41, 5.74) is 2.11. The molecule has 1 aromatic heterocycles. The molecule has 0 radical (unpaired) electrons. The Labute approximate surface area is 168 Å². The van der Waals surface area contributed by atoms with Gasteiger partial charge in [0, 0.05) is 45.0 Å². The summed E-state index contributed by atoms with van der Waals surface area (Å²) in [6.45, 7) is 5.44. The molecule has 1 aliphatic heterocycles. The number of aromatic nitrogens is 1. The van der Waals surface area contributed by atoms with E-state index in [-0.39, 0.29) is 5.91 Å². The Morgan fingerprint density at radius 1 is 1.11 bits per heavy atom. The highest BCUT2D eigenvalue weighted by Gasteiger charge is 2.18. The molecular weight excluding hydrogens is 372 g/mol. The fourth-order valence-electron chi connectivity index (χ4n) is 3.40. The zero-order valence-electron chi connectivity index (χ0n) is 15.9. The average molecular weight is 397 g/mol. The van der Waals surface area contributed by atoms with Crippen LogP contribution in [-0.4, -0.2) is 62.2 Å². The highest BCUT2D eigenvalue weighted by Crippen LogP contribution is 2.22. The third kappa shape index (κ3) is 4.26. The Morgan fingerprint density at radius 3 is 2.57 bits per heavy atom. The molecule has 1 amide bonds. The molecule has 4 rings (SSSR count). The maximum Gasteiger partial charge on any atom is 0.280 e. The Balaban J connectivity index is 1.22. The van der Waals surface area contributed by atoms with Crippen molar-refractivity contribution in [3.05, 3.63) is 53.5 Å². The summed E-state index contributed by atoms with van der Waals surface area (Å²) >= 11 is 1.44. The third-order valence-corrected chi connectivity index (χ3v) is 6.05. The molecule has 0 atom stereocenters. The van der Waals surface area contributed by atoms with Crippen LogP contribution in [0.15, 0.2) is 48.5 Å². The number of fused-ring (bicyclic) bond motifs is 1. The number of piperazine rings is 1. The lowest BCUT2D eigenvalue weighted by molar-refractivity contribution is 0.0947. The second kappa shape index (κ2) is 8.58. The van der Waals surface area contributed by atoms with Gasteiger partial charge < -0.3 is 15.0 Å². The van der Waals surface area contributed by atoms with E-state index in [0.717, 1.165) is 48.7 Å². The zero-order chi connectivity index (χ0) is 19.3. The van der Waals surface area contributed by atoms with Crippen LogP contribution in [0.2, 0.25) is 0 Å². The molecule has 0 unspecified atom stereocenters. The predicted octanol–water partition coefficient (Wildman–Crippen LogP) is 2.86. The van der Waals surface area contributed by atoms with E-state index in [1.165, 1.54) is 17.0 Å². The number of para-hydroxylation sites is 1. The van der Waals surface area contributed by atoms with Gasteiger partial charge in [-0.25, -0.2) is 4.98 Å². The smallest absolute Gasteiger partial charge is 0.280 e. The summed E-state index contributed by atoms with van der Waals surface area (Å²) in [6.07, 6.45) is 0. The molecule has 6 nitrogen and oxygen atoms in total. The first-order valence-corrected chi connectivity index (χ1v) is 10.3. The highest BCUT2D eigenvalue weighted by molar-refractivity contribution is 7.20. The molecule has 1 fully saturated rings. The van der Waals surface area contributed by atoms with E-state index < -0.39 is 0 Å². The van der Waals surface area contributed by atoms with Crippen molar-refractivity contribution in [2.24, 2.45) is 0 Å². The number of benzene rings is 2. The molecule has 1 N–H and O–H groups in total. The Morgan fingerprint density at radius 2 is 1.86 bits per heavy atom. The number of methoxy groups -OCH3 is 1. The number of ether oxygens (including phenoxy) is 1. The van der Waals surface area contributed by atoms with Crippen LogP contribution in [0.1, 0.15) is 9.80 Å². The molecule has 3 aromatic rings. The number of hydrogen-bond acceptors (Lipinski definition) is 6. The van der Waals surface area contributed by atoms with E-state index in [1.54, 1.807) is 7.11 Å². The first-order valence-electron chi connectivity index (χ1n) is 9.48. The van der Waals surface area contributed by atoms with Gasteiger partial charge in [0.05, 0.1) is 17.3 Å². The number of carbonyl (C=O) groups excluding carboxylic acids is 1. The van der Waals surface area contributed by atoms with Gasteiger partial charge in [-0.2, -0.15) is 0 Å². The largest absolute Gasteiger partial charge is 0.497 e. The van der Waals surface area contributed by atoms with Crippen molar-refractivity contribution < 1.29 is 9.53 Å². The summed E-state index contributed by atoms with van der Waals surface area (Å²) in [7, 11) is 1.68. The minimum absolute atomic E-state index is 0.0851. The van der Waals surface area contributed by atoms with Gasteiger partial charge in [0.2, 0.25) is 0 Å². The lowest BCUT2D eigenvalue weighted by atomic mass is 10.2. The Hall–Kier alpha value is -2.64. The van der Waals surface area contributed by atoms with Gasteiger partial charge in [-0.3, -0.25) is 9.69 Å². The molecular formula is C21H24N4O2S. The number of rotatable bonds is 6. The summed E-state index contributed by atoms with van der Waals surface area (Å²) in [4.78, 5) is 21.5. The van der Waals surface area contributed by atoms with E-state index in [4.69, 9.17) is 4.74 Å². The van der Waals surface area contributed by atoms with E-state index in [2.05, 4.69) is 32.2 Å². The number of nitrogens with one attached hydrogen (secondary N) is 1. The number of hydrogen-bond donors (Lipinski definition) is 1. The van der Waals surface area contributed by atoms with Crippen molar-refractivity contribution in [1.82, 2.24) is 15.2 Å². The lowest BCUT2D eigenvalue weighted by Gasteiger charge is -2.36. The maximum atomic E-state index is 12.3. The van der Waals surface area contributed by atoms with E-state index in [0.29, 0.717) is 11.6 Å². The molecule has 146 valence electrons. The van der Waals surface area contributed by atoms with Crippen LogP contribution in [-0.2, 0) is 0 Å². The fourth-order valence-corrected chi connectivity index (χ4v) is 4.28. The summed E-state index contributed by atoms with van der Waals surface area (Å²) < 4.78 is 6.27. The number of anilines is 1. The summed E-state index contributed by atoms with van der Waals surface area (Å²) in [6, 6.07) is 16.0. The molecule has 28 heavy (non-hydrogen) atoms. The van der Waals surface area contributed by atoms with Crippen LogP contribution >= 0.6 is 11.3 Å². The minimum atomic E-state index is -0.0851. The number of amides is 1. The topological polar surface area (TPSA) is 57.7 Å². The van der Waals surface area contributed by atoms with Crippen molar-refractivity contribution in [3.8, 4) is 5.75 Å². The number of carbonyl (C=O) groups is 1. The van der Waals surface area contributed by atoms with Crippen LogP contribution in [0, 0.1) is 0 Å². The monoisotopic (exact) mass is 396 g/mol. The van der Waals surface area contributed by atoms with Crippen LogP contribution in [0.4, 0.5) is 5.69 Å². The Bertz CT molecular complexity index is 900. The molecule has 0 saturated carbocycles. The lowest BCUT2D eigenvalue weighted by Crippen LogP contribution is -2.48. The quantitative estimate of drug-likeness (QED) is 0.694. The van der Waals surface area contributed by atoms with Crippen LogP contribution < -0.4 is 15.0 Å². The van der Waals surface area contributed by atoms with Crippen LogP contribution in [0.3, 0.4) is 0 Å². The van der Waals surface area contributed by atoms with E-state index in [1.807, 2.05) is 36.4 Å². The fraction of sp³-hybridized carbons (Fsp3) is 0.333. The highest BCUT2D eigenvalue weighted by atomic mass is 32.1. The minimum Gasteiger partial charge on any atom is -0.497 e. The third-order valence-electron chi connectivity index (χ3n) is 5.01. The van der Waals surface area contributed by atoms with Crippen molar-refractivity contribution in [2.75, 3.05) is 51.3 Å². The summed E-state index contributed by atoms with van der Waals surface area (Å²) in [5, 5.41) is 3.54. The standard InChI is InChI=1S/C21H24N4O2S/c1-27-17-8-6-16(7-9-17)25-14-12-24(13-15-25)11-10-22-20(26)21-23-18-4-2-3-5-19(18)28-21/h2-9H,10-15H2,1H3,(H,22,26). The van der Waals surface area contributed by atoms with Gasteiger partial charge in [0.1, 0.15) is 5.75 Å². The Kier molecular flexibility index (Phi) is 5.73. The zero-order valence-corrected chi connectivity index (χ0v) is 16.7. The maximum absolute atomic E-state index is 12.3. The normalized spacial score (nSPS) is 15.0. The molecule has 1 saturated heterocycles. The van der Waals surface area contributed by atoms with Gasteiger partial charge in [-0.1, -0.05) is 12.1 Å². The van der Waals surface area contributed by atoms with E-state index in [9.17, 15) is 4.79 Å². The summed E-state index contributed by atoms with van der Waals surface area (Å²) in [5.74, 6) is 0.796. The second-order valence-electron chi connectivity index (χ2n) is 6.77. The van der Waals surface area contributed by atoms with Crippen molar-refractivity contribution in [1.29, 1.82) is 0 Å². The predicted molar refractivity (Wildman–Crippen MR) is 114 cm³/mol. The molecule has 2 aromatic carbocycles. The molecule has 7 heteroatoms.